The van der Waals surface area contributed by atoms with Gasteiger partial charge in [0.1, 0.15) is 16.8 Å². The molecule has 5 aromatic rings. The van der Waals surface area contributed by atoms with Crippen molar-refractivity contribution >= 4 is 94.9 Å². The predicted octanol–water partition coefficient (Wildman–Crippen LogP) is 15.0. The number of rotatable bonds is 12. The van der Waals surface area contributed by atoms with E-state index in [9.17, 15) is 36.0 Å². The maximum atomic E-state index is 12.5. The molecule has 0 saturated carbocycles. The Bertz CT molecular complexity index is 4110. The van der Waals surface area contributed by atoms with Gasteiger partial charge in [-0.15, -0.1) is 0 Å². The summed E-state index contributed by atoms with van der Waals surface area (Å²) in [5.41, 5.74) is 6.82. The SMILES string of the molecule is CC(C)(C)OC(=O)N1CCCC=C1OS(=O)(=O)C(F)(F)F.CN(C)c1cccc(C2=CCCCN2C(=O)OC(C)(C)C)c1.CN(C)c1cccc(C2=NCCCC2)c1.CN(C)c1cccc(C2CCCCN2)c1.CNc1cccc(B2OC(C)(C)C(C)(C)O2)c1.CNc1cccc(C2=CCCCN2C(=O)OC(C)(C)C)c1.[B].[H-].[Na+]. The Morgan fingerprint density at radius 1 is 0.558 bits per heavy atom. The quantitative estimate of drug-likeness (QED) is 0.0459. The van der Waals surface area contributed by atoms with Crippen LogP contribution >= 0.6 is 0 Å². The van der Waals surface area contributed by atoms with Crippen molar-refractivity contribution in [3.63, 3.8) is 0 Å². The standard InChI is InChI=1S/C18H26N2O2.C17H24N2O2.C13H20BNO2.C13H20N2.C13H18N2.C11H16F3NO5S.B.Na.H/c1-18(2,3)22-17(21)20-12-7-6-11-16(20)14-9-8-10-15(13-14)19(4)5;1-17(2,3)21-16(20)19-11-6-5-10-15(19)13-8-7-9-14(12-13)18-4;1-12(2)13(3,4)17-14(16-12)10-7-6-8-11(9-10)15-5;2*1-15(2)12-7-5-6-11(10-12)13-8-3-4-9-14-13;1-10(2,3)19-9(16)15-7-5-4-6-8(15)20-21(17,18)11(12,13)14;;;/h8-11,13H,6-7,12H2,1-5H3;7-10,12,18H,5-6,11H2,1-4H3;6-9,15H,1-5H3;5-7,10,13-14H,3-4,8-9H2,1-2H3;5-7,10H,3-4,8-9H2,1-2H3;6H,4-5,7H2,1-3H3;;;/q;;;;;;;+1;-1. The first-order chi connectivity index (χ1) is 51.9. The van der Waals surface area contributed by atoms with E-state index in [1.807, 2.05) is 118 Å². The molecule has 5 aromatic carbocycles. The average molecular weight is 1600 g/mol. The van der Waals surface area contributed by atoms with E-state index in [2.05, 4.69) is 181 Å². The van der Waals surface area contributed by atoms with Crippen molar-refractivity contribution in [2.45, 2.75) is 207 Å². The number of nitrogens with zero attached hydrogens (tertiary/aromatic N) is 7. The molecule has 3 amide bonds. The van der Waals surface area contributed by atoms with Crippen molar-refractivity contribution in [3.8, 4) is 0 Å². The van der Waals surface area contributed by atoms with Crippen molar-refractivity contribution < 1.29 is 94.7 Å². The molecule has 113 heavy (non-hydrogen) atoms. The molecule has 1 atom stereocenters. The van der Waals surface area contributed by atoms with Crippen LogP contribution in [0, 0.1) is 0 Å². The second-order valence-corrected chi connectivity index (χ2v) is 34.0. The van der Waals surface area contributed by atoms with Crippen LogP contribution in [0.25, 0.3) is 11.4 Å². The Morgan fingerprint density at radius 3 is 1.43 bits per heavy atom. The Kier molecular flexibility index (Phi) is 38.0. The number of hydrogen-bond acceptors (Lipinski definition) is 18. The first-order valence-electron chi connectivity index (χ1n) is 38.6. The zero-order valence-corrected chi connectivity index (χ0v) is 74.0. The van der Waals surface area contributed by atoms with Crippen LogP contribution in [0.15, 0.2) is 150 Å². The summed E-state index contributed by atoms with van der Waals surface area (Å²) in [5.74, 6) is -0.687. The van der Waals surface area contributed by atoms with Crippen molar-refractivity contribution in [2.75, 3.05) is 114 Å². The van der Waals surface area contributed by atoms with Gasteiger partial charge in [-0.3, -0.25) is 14.8 Å². The van der Waals surface area contributed by atoms with Gasteiger partial charge in [0.25, 0.3) is 0 Å². The fourth-order valence-electron chi connectivity index (χ4n) is 12.1. The number of ether oxygens (including phenoxy) is 3. The summed E-state index contributed by atoms with van der Waals surface area (Å²) in [6.45, 7) is 27.9. The van der Waals surface area contributed by atoms with Gasteiger partial charge in [-0.25, -0.2) is 19.3 Å². The summed E-state index contributed by atoms with van der Waals surface area (Å²) in [4.78, 5) is 51.9. The molecule has 6 aliphatic rings. The third-order valence-corrected chi connectivity index (χ3v) is 19.6. The third kappa shape index (κ3) is 31.1. The zero-order valence-electron chi connectivity index (χ0n) is 72.2. The van der Waals surface area contributed by atoms with Crippen LogP contribution in [0.3, 0.4) is 0 Å². The Labute approximate surface area is 698 Å². The molecule has 21 nitrogen and oxygen atoms in total. The Balaban J connectivity index is 0.000000354. The normalized spacial score (nSPS) is 17.3. The van der Waals surface area contributed by atoms with Crippen LogP contribution in [-0.2, 0) is 37.8 Å². The van der Waals surface area contributed by atoms with Gasteiger partial charge in [-0.2, -0.15) is 21.6 Å². The molecule has 1 unspecified atom stereocenters. The van der Waals surface area contributed by atoms with Gasteiger partial charge in [-0.05, 0) is 251 Å². The number of carbonyl (C=O) groups is 3. The van der Waals surface area contributed by atoms with Crippen molar-refractivity contribution in [2.24, 2.45) is 4.99 Å². The van der Waals surface area contributed by atoms with Gasteiger partial charge in [-0.1, -0.05) is 79.2 Å². The molecule has 0 aliphatic carbocycles. The van der Waals surface area contributed by atoms with Crippen LogP contribution in [0.1, 0.15) is 197 Å². The number of amides is 3. The zero-order chi connectivity index (χ0) is 82.3. The first-order valence-corrected chi connectivity index (χ1v) is 40.0. The third-order valence-electron chi connectivity index (χ3n) is 18.6. The smallest absolute Gasteiger partial charge is 1.00 e. The monoisotopic (exact) mass is 1600 g/mol. The maximum Gasteiger partial charge on any atom is 1.00 e. The van der Waals surface area contributed by atoms with E-state index < -0.39 is 44.4 Å². The number of piperidine rings is 1. The second kappa shape index (κ2) is 43.9. The molecule has 6 aliphatic heterocycles. The van der Waals surface area contributed by atoms with Crippen LogP contribution < -0.4 is 65.7 Å². The summed E-state index contributed by atoms with van der Waals surface area (Å²) >= 11 is 0. The van der Waals surface area contributed by atoms with E-state index >= 15 is 0 Å². The van der Waals surface area contributed by atoms with Crippen LogP contribution in [0.4, 0.5) is 56.0 Å². The van der Waals surface area contributed by atoms with Gasteiger partial charge in [0.2, 0.25) is 5.88 Å². The molecule has 0 bridgehead atoms. The average Bonchev–Trinajstić information content (AvgIpc) is 1.60. The molecule has 11 rings (SSSR count). The first kappa shape index (κ1) is 97.7. The summed E-state index contributed by atoms with van der Waals surface area (Å²) in [6.07, 6.45) is 16.1. The molecule has 3 radical (unpaired) electrons. The van der Waals surface area contributed by atoms with Crippen LogP contribution in [0.2, 0.25) is 0 Å². The number of halogens is 3. The van der Waals surface area contributed by atoms with Crippen LogP contribution in [0.5, 0.6) is 0 Å². The number of allylic oxidation sites excluding steroid dienone is 3. The van der Waals surface area contributed by atoms with Crippen LogP contribution in [-0.4, -0.2) is 185 Å². The van der Waals surface area contributed by atoms with Gasteiger partial charge >= 0.3 is 70.6 Å². The number of carbonyl (C=O) groups excluding carboxylic acids is 3. The number of anilines is 5. The number of nitrogens with one attached hydrogen (secondary N) is 3. The molecule has 615 valence electrons. The van der Waals surface area contributed by atoms with Gasteiger partial charge in [0.15, 0.2) is 0 Å². The van der Waals surface area contributed by atoms with Crippen molar-refractivity contribution in [3.05, 3.63) is 168 Å². The maximum absolute atomic E-state index is 12.5. The number of hydrogen-bond donors (Lipinski definition) is 3. The molecular weight excluding hydrogens is 1470 g/mol. The molecule has 2 fully saturated rings. The molecular formula is C85H125B2F3N10NaO11S. The van der Waals surface area contributed by atoms with E-state index in [-0.39, 0.29) is 76.4 Å². The fourth-order valence-corrected chi connectivity index (χ4v) is 12.6. The van der Waals surface area contributed by atoms with Gasteiger partial charge < -0.3 is 59.8 Å². The van der Waals surface area contributed by atoms with E-state index in [1.54, 1.807) is 30.6 Å². The molecule has 3 N–H and O–H groups in total. The molecule has 0 spiro atoms. The summed E-state index contributed by atoms with van der Waals surface area (Å²) in [5, 5.41) is 9.83. The minimum absolute atomic E-state index is 0. The molecule has 2 saturated heterocycles. The van der Waals surface area contributed by atoms with Crippen molar-refractivity contribution in [1.29, 1.82) is 0 Å². The van der Waals surface area contributed by atoms with E-state index in [0.29, 0.717) is 32.0 Å². The molecule has 6 heterocycles. The summed E-state index contributed by atoms with van der Waals surface area (Å²) in [6, 6.07) is 42.5. The fraction of sp³-hybridized carbons (Fsp3) is 0.529. The van der Waals surface area contributed by atoms with E-state index in [1.165, 1.54) is 60.3 Å². The predicted molar refractivity (Wildman–Crippen MR) is 453 cm³/mol. The number of benzene rings is 5. The van der Waals surface area contributed by atoms with Crippen molar-refractivity contribution in [1.82, 2.24) is 20.0 Å². The summed E-state index contributed by atoms with van der Waals surface area (Å²) < 4.78 is 91.0. The number of aliphatic imine (C=N–C) groups is 1. The minimum Gasteiger partial charge on any atom is -1.00 e. The van der Waals surface area contributed by atoms with E-state index in [4.69, 9.17) is 23.5 Å². The number of alkyl halides is 3. The topological polar surface area (TPSA) is 209 Å². The largest absolute Gasteiger partial charge is 1.00 e. The van der Waals surface area contributed by atoms with E-state index in [0.717, 1.165) is 101 Å². The summed E-state index contributed by atoms with van der Waals surface area (Å²) in [7, 11) is 10.0. The Morgan fingerprint density at radius 2 is 0.982 bits per heavy atom. The second-order valence-electron chi connectivity index (χ2n) is 32.5. The van der Waals surface area contributed by atoms with Gasteiger partial charge in [0.05, 0.1) is 22.6 Å². The molecule has 0 aromatic heterocycles. The van der Waals surface area contributed by atoms with Gasteiger partial charge in [0, 0.05) is 142 Å². The Hall–Kier alpha value is -7.65. The molecule has 28 heteroatoms. The minimum atomic E-state index is -5.83.